The molecular weight excluding hydrogens is 348 g/mol. The molecule has 0 aliphatic carbocycles. The van der Waals surface area contributed by atoms with Crippen molar-refractivity contribution in [2.24, 2.45) is 5.92 Å². The van der Waals surface area contributed by atoms with Crippen LogP contribution >= 0.6 is 0 Å². The fourth-order valence-corrected chi connectivity index (χ4v) is 3.62. The zero-order valence-electron chi connectivity index (χ0n) is 17.2. The molecule has 0 spiro atoms. The molecule has 3 rings (SSSR count). The molecule has 1 heterocycles. The van der Waals surface area contributed by atoms with Crippen molar-refractivity contribution in [3.63, 3.8) is 0 Å². The summed E-state index contributed by atoms with van der Waals surface area (Å²) in [5.41, 5.74) is 2.15. The monoisotopic (exact) mass is 380 g/mol. The van der Waals surface area contributed by atoms with E-state index in [1.165, 1.54) is 0 Å². The van der Waals surface area contributed by atoms with Crippen LogP contribution in [0.1, 0.15) is 56.7 Å². The van der Waals surface area contributed by atoms with Crippen LogP contribution in [-0.2, 0) is 4.79 Å². The van der Waals surface area contributed by atoms with E-state index >= 15 is 0 Å². The smallest absolute Gasteiger partial charge is 0.227 e. The molecule has 0 aromatic heterocycles. The fourth-order valence-electron chi connectivity index (χ4n) is 3.62. The largest absolute Gasteiger partial charge is 0.493 e. The van der Waals surface area contributed by atoms with Crippen molar-refractivity contribution < 1.29 is 9.53 Å². The molecule has 0 radical (unpaired) electrons. The van der Waals surface area contributed by atoms with E-state index in [-0.39, 0.29) is 23.9 Å². The maximum atomic E-state index is 13.0. The van der Waals surface area contributed by atoms with Gasteiger partial charge in [-0.25, -0.2) is 0 Å². The Labute approximate surface area is 168 Å². The van der Waals surface area contributed by atoms with Crippen molar-refractivity contribution in [1.29, 1.82) is 0 Å². The summed E-state index contributed by atoms with van der Waals surface area (Å²) in [6, 6.07) is 18.3. The Balaban J connectivity index is 1.73. The Bertz CT molecular complexity index is 737. The molecular formula is C24H32N2O2. The lowest BCUT2D eigenvalue weighted by atomic mass is 9.95. The van der Waals surface area contributed by atoms with Crippen molar-refractivity contribution in [3.05, 3.63) is 65.7 Å². The molecule has 1 aliphatic rings. The number of carbonyl (C=O) groups is 1. The third kappa shape index (κ3) is 5.35. The van der Waals surface area contributed by atoms with Gasteiger partial charge in [-0.1, -0.05) is 56.3 Å². The minimum absolute atomic E-state index is 0.0414. The van der Waals surface area contributed by atoms with Crippen molar-refractivity contribution in [3.8, 4) is 5.75 Å². The van der Waals surface area contributed by atoms with Crippen LogP contribution < -0.4 is 15.4 Å². The van der Waals surface area contributed by atoms with Gasteiger partial charge in [-0.2, -0.15) is 0 Å². The lowest BCUT2D eigenvalue weighted by Gasteiger charge is -2.27. The average molecular weight is 381 g/mol. The Morgan fingerprint density at radius 2 is 1.79 bits per heavy atom. The summed E-state index contributed by atoms with van der Waals surface area (Å²) in [6.45, 7) is 7.95. The number of nitrogens with one attached hydrogen (secondary N) is 2. The summed E-state index contributed by atoms with van der Waals surface area (Å²) in [6.07, 6.45) is 2.21. The molecule has 1 fully saturated rings. The number of rotatable bonds is 8. The van der Waals surface area contributed by atoms with Crippen LogP contribution in [0.4, 0.5) is 0 Å². The molecule has 2 aromatic rings. The molecule has 4 heteroatoms. The quantitative estimate of drug-likeness (QED) is 0.712. The first-order valence-corrected chi connectivity index (χ1v) is 10.4. The van der Waals surface area contributed by atoms with Gasteiger partial charge in [-0.15, -0.1) is 0 Å². The molecule has 150 valence electrons. The van der Waals surface area contributed by atoms with E-state index in [0.29, 0.717) is 12.5 Å². The second kappa shape index (κ2) is 9.74. The van der Waals surface area contributed by atoms with E-state index in [2.05, 4.69) is 36.6 Å². The summed E-state index contributed by atoms with van der Waals surface area (Å²) in [7, 11) is 0. The van der Waals surface area contributed by atoms with E-state index < -0.39 is 0 Å². The van der Waals surface area contributed by atoms with Gasteiger partial charge in [0.25, 0.3) is 0 Å². The third-order valence-electron chi connectivity index (χ3n) is 5.31. The number of benzene rings is 2. The van der Waals surface area contributed by atoms with Crippen LogP contribution in [-0.4, -0.2) is 25.1 Å². The van der Waals surface area contributed by atoms with Crippen LogP contribution in [0.25, 0.3) is 0 Å². The second-order valence-electron chi connectivity index (χ2n) is 8.10. The predicted molar refractivity (Wildman–Crippen MR) is 114 cm³/mol. The van der Waals surface area contributed by atoms with E-state index in [4.69, 9.17) is 4.74 Å². The van der Waals surface area contributed by atoms with E-state index in [0.717, 1.165) is 36.3 Å². The van der Waals surface area contributed by atoms with Gasteiger partial charge in [-0.3, -0.25) is 4.79 Å². The number of ether oxygens (including phenoxy) is 1. The van der Waals surface area contributed by atoms with Crippen LogP contribution in [0.15, 0.2) is 54.6 Å². The van der Waals surface area contributed by atoms with E-state index in [1.54, 1.807) is 0 Å². The first-order chi connectivity index (χ1) is 13.5. The van der Waals surface area contributed by atoms with E-state index in [9.17, 15) is 4.79 Å². The number of hydrogen-bond acceptors (Lipinski definition) is 3. The standard InChI is InChI=1S/C24H32N2O2/c1-17(2)16-28-21-13-11-20(12-14-21)23(22-10-7-15-25-22)26-24(27)18(3)19-8-5-4-6-9-19/h4-6,8-9,11-14,17-18,22-23,25H,7,10,15-16H2,1-3H3,(H,26,27)/t18-,22+,23+/m0/s1. The van der Waals surface area contributed by atoms with Crippen LogP contribution in [0, 0.1) is 5.92 Å². The third-order valence-corrected chi connectivity index (χ3v) is 5.31. The van der Waals surface area contributed by atoms with Gasteiger partial charge < -0.3 is 15.4 Å². The van der Waals surface area contributed by atoms with Crippen molar-refractivity contribution in [2.75, 3.05) is 13.2 Å². The topological polar surface area (TPSA) is 50.4 Å². The maximum absolute atomic E-state index is 13.0. The lowest BCUT2D eigenvalue weighted by molar-refractivity contribution is -0.123. The Morgan fingerprint density at radius 1 is 1.07 bits per heavy atom. The first-order valence-electron chi connectivity index (χ1n) is 10.4. The van der Waals surface area contributed by atoms with Crippen molar-refractivity contribution in [1.82, 2.24) is 10.6 Å². The summed E-state index contributed by atoms with van der Waals surface area (Å²) in [4.78, 5) is 13.0. The van der Waals surface area contributed by atoms with Crippen LogP contribution in [0.2, 0.25) is 0 Å². The highest BCUT2D eigenvalue weighted by Crippen LogP contribution is 2.27. The molecule has 0 saturated carbocycles. The van der Waals surface area contributed by atoms with Gasteiger partial charge in [0.1, 0.15) is 5.75 Å². The highest BCUT2D eigenvalue weighted by Gasteiger charge is 2.29. The highest BCUT2D eigenvalue weighted by atomic mass is 16.5. The Hall–Kier alpha value is -2.33. The molecule has 28 heavy (non-hydrogen) atoms. The molecule has 2 N–H and O–H groups in total. The average Bonchev–Trinajstić information content (AvgIpc) is 3.25. The number of carbonyl (C=O) groups excluding carboxylic acids is 1. The second-order valence-corrected chi connectivity index (χ2v) is 8.10. The molecule has 1 aliphatic heterocycles. The minimum atomic E-state index is -0.182. The van der Waals surface area contributed by atoms with Gasteiger partial charge in [0.05, 0.1) is 18.6 Å². The molecule has 0 unspecified atom stereocenters. The zero-order valence-corrected chi connectivity index (χ0v) is 17.2. The number of amides is 1. The molecule has 2 aromatic carbocycles. The van der Waals surface area contributed by atoms with Gasteiger partial charge >= 0.3 is 0 Å². The first kappa shape index (κ1) is 20.4. The van der Waals surface area contributed by atoms with Crippen molar-refractivity contribution in [2.45, 2.75) is 51.6 Å². The van der Waals surface area contributed by atoms with Crippen LogP contribution in [0.5, 0.6) is 5.75 Å². The normalized spacial score (nSPS) is 18.6. The Morgan fingerprint density at radius 3 is 2.39 bits per heavy atom. The highest BCUT2D eigenvalue weighted by molar-refractivity contribution is 5.83. The fraction of sp³-hybridized carbons (Fsp3) is 0.458. The van der Waals surface area contributed by atoms with Crippen molar-refractivity contribution >= 4 is 5.91 Å². The molecule has 0 bridgehead atoms. The Kier molecular flexibility index (Phi) is 7.10. The molecule has 3 atom stereocenters. The number of hydrogen-bond donors (Lipinski definition) is 2. The van der Waals surface area contributed by atoms with Gasteiger partial charge in [0.15, 0.2) is 0 Å². The predicted octanol–water partition coefficient (Wildman–Crippen LogP) is 4.43. The summed E-state index contributed by atoms with van der Waals surface area (Å²) < 4.78 is 5.80. The van der Waals surface area contributed by atoms with Crippen LogP contribution in [0.3, 0.4) is 0 Å². The summed E-state index contributed by atoms with van der Waals surface area (Å²) in [5.74, 6) is 1.25. The van der Waals surface area contributed by atoms with Gasteiger partial charge in [0.2, 0.25) is 5.91 Å². The molecule has 4 nitrogen and oxygen atoms in total. The minimum Gasteiger partial charge on any atom is -0.493 e. The van der Waals surface area contributed by atoms with Gasteiger partial charge in [-0.05, 0) is 55.5 Å². The molecule has 1 amide bonds. The molecule has 1 saturated heterocycles. The summed E-state index contributed by atoms with van der Waals surface area (Å²) >= 11 is 0. The van der Waals surface area contributed by atoms with E-state index in [1.807, 2.05) is 49.4 Å². The van der Waals surface area contributed by atoms with Gasteiger partial charge in [0, 0.05) is 6.04 Å². The summed E-state index contributed by atoms with van der Waals surface area (Å²) in [5, 5.41) is 6.85. The zero-order chi connectivity index (χ0) is 19.9. The maximum Gasteiger partial charge on any atom is 0.227 e. The lowest BCUT2D eigenvalue weighted by Crippen LogP contribution is -2.42. The SMILES string of the molecule is CC(C)COc1ccc([C@@H](NC(=O)[C@@H](C)c2ccccc2)[C@H]2CCCN2)cc1.